The van der Waals surface area contributed by atoms with Crippen LogP contribution in [0.4, 0.5) is 0 Å². The fourth-order valence-corrected chi connectivity index (χ4v) is 9.81. The molecule has 0 bridgehead atoms. The second-order valence-corrected chi connectivity index (χ2v) is 21.7. The first-order valence-electron chi connectivity index (χ1n) is 31.5. The molecule has 4 atom stereocenters. The Balaban J connectivity index is 3.60. The lowest BCUT2D eigenvalue weighted by Gasteiger charge is -2.27. The second kappa shape index (κ2) is 59.2. The van der Waals surface area contributed by atoms with Crippen LogP contribution in [0.25, 0.3) is 0 Å². The maximum Gasteiger partial charge on any atom is 0.249 e. The van der Waals surface area contributed by atoms with Crippen molar-refractivity contribution in [2.45, 2.75) is 353 Å². The summed E-state index contributed by atoms with van der Waals surface area (Å²) >= 11 is 0. The molecule has 418 valence electrons. The van der Waals surface area contributed by atoms with Crippen molar-refractivity contribution in [2.75, 3.05) is 6.61 Å². The van der Waals surface area contributed by atoms with Crippen molar-refractivity contribution in [1.82, 2.24) is 5.32 Å². The molecule has 4 unspecified atom stereocenters. The van der Waals surface area contributed by atoms with Gasteiger partial charge in [0, 0.05) is 0 Å². The molecule has 6 heteroatoms. The maximum atomic E-state index is 12.6. The van der Waals surface area contributed by atoms with E-state index in [4.69, 9.17) is 0 Å². The Morgan fingerprint density at radius 1 is 0.352 bits per heavy atom. The van der Waals surface area contributed by atoms with Crippen LogP contribution in [0.3, 0.4) is 0 Å². The van der Waals surface area contributed by atoms with Gasteiger partial charge in [-0.25, -0.2) is 0 Å². The lowest BCUT2D eigenvalue weighted by molar-refractivity contribution is -0.132. The number of aliphatic hydroxyl groups excluding tert-OH is 4. The lowest BCUT2D eigenvalue weighted by Crippen LogP contribution is -2.53. The Labute approximate surface area is 442 Å². The number of carbonyl (C=O) groups excluding carboxylic acids is 1. The Kier molecular flexibility index (Phi) is 57.7. The average molecular weight is 999 g/mol. The van der Waals surface area contributed by atoms with Crippen molar-refractivity contribution >= 4 is 5.91 Å². The van der Waals surface area contributed by atoms with E-state index >= 15 is 0 Å². The van der Waals surface area contributed by atoms with Gasteiger partial charge < -0.3 is 25.7 Å². The summed E-state index contributed by atoms with van der Waals surface area (Å²) in [6.07, 6.45) is 76.4. The Morgan fingerprint density at radius 3 is 0.972 bits per heavy atom. The highest BCUT2D eigenvalue weighted by Gasteiger charge is 2.28. The van der Waals surface area contributed by atoms with Crippen LogP contribution in [0, 0.1) is 0 Å². The van der Waals surface area contributed by atoms with Crippen LogP contribution in [0.15, 0.2) is 48.6 Å². The van der Waals surface area contributed by atoms with E-state index in [9.17, 15) is 25.2 Å². The summed E-state index contributed by atoms with van der Waals surface area (Å²) in [6, 6.07) is -1.01. The maximum absolute atomic E-state index is 12.6. The molecule has 0 aliphatic heterocycles. The molecular weight excluding hydrogens is 875 g/mol. The van der Waals surface area contributed by atoms with Crippen molar-refractivity contribution in [3.05, 3.63) is 48.6 Å². The van der Waals surface area contributed by atoms with Gasteiger partial charge in [-0.05, 0) is 83.5 Å². The number of rotatable bonds is 58. The van der Waals surface area contributed by atoms with Crippen LogP contribution in [0.2, 0.25) is 0 Å². The first kappa shape index (κ1) is 69.3. The summed E-state index contributed by atoms with van der Waals surface area (Å²) in [5.74, 6) is -0.594. The lowest BCUT2D eigenvalue weighted by atomic mass is 10.00. The Bertz CT molecular complexity index is 1170. The number of carbonyl (C=O) groups is 1. The van der Waals surface area contributed by atoms with E-state index in [0.717, 1.165) is 44.9 Å². The Hall–Kier alpha value is -1.73. The topological polar surface area (TPSA) is 110 Å². The van der Waals surface area contributed by atoms with Crippen molar-refractivity contribution in [3.8, 4) is 0 Å². The highest BCUT2D eigenvalue weighted by atomic mass is 16.3. The molecule has 0 fully saturated rings. The summed E-state index contributed by atoms with van der Waals surface area (Å²) in [6.45, 7) is 4.07. The third-order valence-electron chi connectivity index (χ3n) is 14.7. The third-order valence-corrected chi connectivity index (χ3v) is 14.7. The first-order valence-corrected chi connectivity index (χ1v) is 31.5. The van der Waals surface area contributed by atoms with Crippen LogP contribution >= 0.6 is 0 Å². The largest absolute Gasteiger partial charge is 0.394 e. The number of aliphatic hydroxyl groups is 4. The zero-order valence-corrected chi connectivity index (χ0v) is 47.5. The number of nitrogens with one attached hydrogen (secondary N) is 1. The number of amides is 1. The van der Waals surface area contributed by atoms with Crippen molar-refractivity contribution < 1.29 is 25.2 Å². The molecule has 0 radical (unpaired) electrons. The predicted molar refractivity (Wildman–Crippen MR) is 311 cm³/mol. The summed E-state index contributed by atoms with van der Waals surface area (Å²) < 4.78 is 0. The number of allylic oxidation sites excluding steroid dienone is 8. The van der Waals surface area contributed by atoms with Gasteiger partial charge in [-0.15, -0.1) is 0 Å². The van der Waals surface area contributed by atoms with Gasteiger partial charge in [-0.3, -0.25) is 4.79 Å². The van der Waals surface area contributed by atoms with E-state index in [1.54, 1.807) is 0 Å². The number of unbranched alkanes of at least 4 members (excludes halogenated alkanes) is 41. The van der Waals surface area contributed by atoms with Crippen LogP contribution < -0.4 is 5.32 Å². The first-order chi connectivity index (χ1) is 35.0. The van der Waals surface area contributed by atoms with Gasteiger partial charge in [0.2, 0.25) is 5.91 Å². The van der Waals surface area contributed by atoms with Crippen LogP contribution in [0.1, 0.15) is 328 Å². The molecule has 5 N–H and O–H groups in total. The highest BCUT2D eigenvalue weighted by Crippen LogP contribution is 2.18. The summed E-state index contributed by atoms with van der Waals surface area (Å²) in [7, 11) is 0. The summed E-state index contributed by atoms with van der Waals surface area (Å²) in [4.78, 5) is 12.6. The minimum atomic E-state index is -1.29. The zero-order valence-electron chi connectivity index (χ0n) is 47.5. The summed E-state index contributed by atoms with van der Waals surface area (Å²) in [5, 5.41) is 44.0. The van der Waals surface area contributed by atoms with Gasteiger partial charge in [-0.1, -0.05) is 294 Å². The standard InChI is InChI=1S/C65H123NO5/c1-3-5-7-9-11-13-15-17-19-21-23-24-25-26-27-28-29-30-31-32-33-34-35-36-37-38-39-41-43-45-47-49-51-53-55-57-59-63(69)65(71)66-61(60-67)64(70)62(68)58-56-54-52-50-48-46-44-42-40-22-20-18-16-14-12-10-8-6-4-2/h27-28,30-31,42,44,50,52,61-64,67-70H,3-26,29,32-41,43,45-49,51,53-60H2,1-2H3,(H,66,71)/b28-27-,31-30-,44-42+,52-50+. The molecule has 0 saturated heterocycles. The van der Waals surface area contributed by atoms with Crippen molar-refractivity contribution in [1.29, 1.82) is 0 Å². The van der Waals surface area contributed by atoms with E-state index in [1.165, 1.54) is 250 Å². The molecular formula is C65H123NO5. The van der Waals surface area contributed by atoms with Crippen LogP contribution in [-0.4, -0.2) is 57.3 Å². The molecule has 0 aromatic carbocycles. The fraction of sp³-hybridized carbons (Fsp3) is 0.862. The van der Waals surface area contributed by atoms with E-state index in [1.807, 2.05) is 0 Å². The second-order valence-electron chi connectivity index (χ2n) is 21.7. The van der Waals surface area contributed by atoms with Crippen molar-refractivity contribution in [3.63, 3.8) is 0 Å². The molecule has 0 aliphatic rings. The molecule has 71 heavy (non-hydrogen) atoms. The minimum absolute atomic E-state index is 0.360. The van der Waals surface area contributed by atoms with Gasteiger partial charge in [0.1, 0.15) is 12.2 Å². The minimum Gasteiger partial charge on any atom is -0.394 e. The van der Waals surface area contributed by atoms with E-state index < -0.39 is 36.9 Å². The van der Waals surface area contributed by atoms with Gasteiger partial charge in [0.05, 0.1) is 18.8 Å². The van der Waals surface area contributed by atoms with Gasteiger partial charge in [-0.2, -0.15) is 0 Å². The molecule has 0 spiro atoms. The molecule has 0 aromatic rings. The molecule has 0 heterocycles. The van der Waals surface area contributed by atoms with E-state index in [0.29, 0.717) is 19.3 Å². The molecule has 0 rings (SSSR count). The van der Waals surface area contributed by atoms with Crippen LogP contribution in [0.5, 0.6) is 0 Å². The fourth-order valence-electron chi connectivity index (χ4n) is 9.81. The smallest absolute Gasteiger partial charge is 0.249 e. The van der Waals surface area contributed by atoms with Crippen molar-refractivity contribution in [2.24, 2.45) is 0 Å². The monoisotopic (exact) mass is 998 g/mol. The number of hydrogen-bond donors (Lipinski definition) is 5. The molecule has 0 saturated carbocycles. The molecule has 0 aromatic heterocycles. The highest BCUT2D eigenvalue weighted by molar-refractivity contribution is 5.80. The Morgan fingerprint density at radius 2 is 0.634 bits per heavy atom. The van der Waals surface area contributed by atoms with Gasteiger partial charge in [0.15, 0.2) is 0 Å². The van der Waals surface area contributed by atoms with Gasteiger partial charge in [0.25, 0.3) is 0 Å². The quantitative estimate of drug-likeness (QED) is 0.0308. The molecule has 6 nitrogen and oxygen atoms in total. The molecule has 1 amide bonds. The van der Waals surface area contributed by atoms with E-state index in [-0.39, 0.29) is 0 Å². The molecule has 0 aliphatic carbocycles. The normalized spacial score (nSPS) is 13.9. The van der Waals surface area contributed by atoms with E-state index in [2.05, 4.69) is 67.8 Å². The zero-order chi connectivity index (χ0) is 51.6. The SMILES string of the molecule is CCCCCCCCCCCC/C=C/CC/C=C/CCCC(O)C(O)C(CO)NC(=O)C(O)CCCCCCCCCCCCCCCCCC/C=C\C/C=C\CCCCCCCCCCCCCCC. The summed E-state index contributed by atoms with van der Waals surface area (Å²) in [5.41, 5.74) is 0. The average Bonchev–Trinajstić information content (AvgIpc) is 3.38. The number of hydrogen-bond acceptors (Lipinski definition) is 5. The predicted octanol–water partition coefficient (Wildman–Crippen LogP) is 18.9. The third kappa shape index (κ3) is 52.9. The van der Waals surface area contributed by atoms with Gasteiger partial charge >= 0.3 is 0 Å². The van der Waals surface area contributed by atoms with Crippen LogP contribution in [-0.2, 0) is 4.79 Å².